The maximum Gasteiger partial charge on any atom is 0.125 e. The number of aryl methyl sites for hydroxylation is 1. The van der Waals surface area contributed by atoms with E-state index >= 15 is 0 Å². The van der Waals surface area contributed by atoms with Crippen molar-refractivity contribution in [1.29, 1.82) is 0 Å². The van der Waals surface area contributed by atoms with Gasteiger partial charge in [0.25, 0.3) is 0 Å². The van der Waals surface area contributed by atoms with Crippen LogP contribution in [0.4, 0.5) is 5.69 Å². The first-order valence-electron chi connectivity index (χ1n) is 5.90. The zero-order valence-electron chi connectivity index (χ0n) is 10.9. The van der Waals surface area contributed by atoms with Gasteiger partial charge in [-0.15, -0.1) is 0 Å². The van der Waals surface area contributed by atoms with E-state index in [0.29, 0.717) is 27.6 Å². The smallest absolute Gasteiger partial charge is 0.125 e. The average Bonchev–Trinajstić information content (AvgIpc) is 2.38. The van der Waals surface area contributed by atoms with Gasteiger partial charge in [-0.2, -0.15) is 0 Å². The lowest BCUT2D eigenvalue weighted by Crippen LogP contribution is -2.06. The summed E-state index contributed by atoms with van der Waals surface area (Å²) in [7, 11) is 1.58. The fourth-order valence-corrected chi connectivity index (χ4v) is 2.21. The van der Waals surface area contributed by atoms with Crippen molar-refractivity contribution in [3.63, 3.8) is 0 Å². The van der Waals surface area contributed by atoms with Crippen LogP contribution < -0.4 is 10.5 Å². The summed E-state index contributed by atoms with van der Waals surface area (Å²) in [5, 5.41) is 11.0. The summed E-state index contributed by atoms with van der Waals surface area (Å²) in [5.74, 6) is 0.632. The minimum absolute atomic E-state index is 0.462. The maximum absolute atomic E-state index is 10.5. The summed E-state index contributed by atoms with van der Waals surface area (Å²) in [6.07, 6.45) is -0.841. The Morgan fingerprint density at radius 2 is 1.89 bits per heavy atom. The highest BCUT2D eigenvalue weighted by molar-refractivity contribution is 6.30. The molecule has 0 aromatic heterocycles. The molecule has 0 aliphatic heterocycles. The van der Waals surface area contributed by atoms with Gasteiger partial charge in [0, 0.05) is 21.8 Å². The molecule has 0 aliphatic carbocycles. The van der Waals surface area contributed by atoms with E-state index in [1.54, 1.807) is 25.3 Å². The van der Waals surface area contributed by atoms with Gasteiger partial charge in [0.2, 0.25) is 0 Å². The lowest BCUT2D eigenvalue weighted by Gasteiger charge is -2.17. The number of halogens is 1. The molecule has 0 fully saturated rings. The third kappa shape index (κ3) is 2.83. The molecule has 1 unspecified atom stereocenters. The molecule has 4 heteroatoms. The van der Waals surface area contributed by atoms with Crippen molar-refractivity contribution in [1.82, 2.24) is 0 Å². The Morgan fingerprint density at radius 1 is 1.16 bits per heavy atom. The van der Waals surface area contributed by atoms with Crippen LogP contribution >= 0.6 is 11.6 Å². The van der Waals surface area contributed by atoms with E-state index < -0.39 is 6.10 Å². The van der Waals surface area contributed by atoms with Gasteiger partial charge in [-0.3, -0.25) is 0 Å². The molecule has 0 heterocycles. The molecule has 100 valence electrons. The van der Waals surface area contributed by atoms with E-state index in [2.05, 4.69) is 0 Å². The van der Waals surface area contributed by atoms with Gasteiger partial charge < -0.3 is 15.6 Å². The second-order valence-corrected chi connectivity index (χ2v) is 4.86. The Balaban J connectivity index is 2.49. The molecule has 0 bridgehead atoms. The number of nitrogen functional groups attached to an aromatic ring is 1. The zero-order valence-corrected chi connectivity index (χ0v) is 11.6. The fourth-order valence-electron chi connectivity index (χ4n) is 2.03. The summed E-state index contributed by atoms with van der Waals surface area (Å²) in [4.78, 5) is 0. The van der Waals surface area contributed by atoms with E-state index in [9.17, 15) is 5.11 Å². The number of anilines is 1. The van der Waals surface area contributed by atoms with E-state index in [0.717, 1.165) is 5.56 Å². The predicted molar refractivity (Wildman–Crippen MR) is 77.7 cm³/mol. The summed E-state index contributed by atoms with van der Waals surface area (Å²) < 4.78 is 5.28. The number of benzene rings is 2. The van der Waals surface area contributed by atoms with Crippen LogP contribution in [0.25, 0.3) is 0 Å². The Labute approximate surface area is 117 Å². The Kier molecular flexibility index (Phi) is 3.98. The number of hydrogen-bond acceptors (Lipinski definition) is 3. The average molecular weight is 278 g/mol. The van der Waals surface area contributed by atoms with Crippen LogP contribution in [0.15, 0.2) is 36.4 Å². The van der Waals surface area contributed by atoms with Crippen LogP contribution in [0.1, 0.15) is 22.8 Å². The van der Waals surface area contributed by atoms with E-state index in [4.69, 9.17) is 22.1 Å². The van der Waals surface area contributed by atoms with Crippen LogP contribution in [-0.4, -0.2) is 12.2 Å². The molecule has 0 saturated carbocycles. The van der Waals surface area contributed by atoms with Crippen molar-refractivity contribution in [2.45, 2.75) is 13.0 Å². The summed E-state index contributed by atoms with van der Waals surface area (Å²) >= 11 is 5.87. The van der Waals surface area contributed by atoms with E-state index in [-0.39, 0.29) is 0 Å². The minimum Gasteiger partial charge on any atom is -0.496 e. The number of nitrogens with two attached hydrogens (primary N) is 1. The first kappa shape index (κ1) is 13.7. The molecule has 1 atom stereocenters. The predicted octanol–water partition coefficient (Wildman–Crippen LogP) is 3.32. The highest BCUT2D eigenvalue weighted by Crippen LogP contribution is 2.34. The van der Waals surface area contributed by atoms with Crippen LogP contribution in [0.3, 0.4) is 0 Å². The third-order valence-electron chi connectivity index (χ3n) is 3.02. The van der Waals surface area contributed by atoms with Gasteiger partial charge in [-0.25, -0.2) is 0 Å². The monoisotopic (exact) mass is 277 g/mol. The van der Waals surface area contributed by atoms with Crippen molar-refractivity contribution in [2.75, 3.05) is 12.8 Å². The normalized spacial score (nSPS) is 12.2. The molecule has 2 aromatic carbocycles. The van der Waals surface area contributed by atoms with Gasteiger partial charge in [0.15, 0.2) is 0 Å². The van der Waals surface area contributed by atoms with Gasteiger partial charge in [-0.05, 0) is 31.2 Å². The molecule has 3 N–H and O–H groups in total. The van der Waals surface area contributed by atoms with Gasteiger partial charge in [0.1, 0.15) is 11.9 Å². The lowest BCUT2D eigenvalue weighted by molar-refractivity contribution is 0.215. The second-order valence-electron chi connectivity index (χ2n) is 4.42. The molecule has 19 heavy (non-hydrogen) atoms. The number of aliphatic hydroxyl groups excluding tert-OH is 1. The standard InChI is InChI=1S/C15H16ClNO2/c1-9-3-6-14(19-2)12(7-9)15(18)11-5-4-10(16)8-13(11)17/h3-8,15,18H,17H2,1-2H3. The summed E-state index contributed by atoms with van der Waals surface area (Å²) in [6.45, 7) is 1.96. The van der Waals surface area contributed by atoms with E-state index in [1.165, 1.54) is 0 Å². The van der Waals surface area contributed by atoms with Crippen molar-refractivity contribution >= 4 is 17.3 Å². The Bertz CT molecular complexity index is 599. The molecular formula is C15H16ClNO2. The van der Waals surface area contributed by atoms with Crippen LogP contribution in [0, 0.1) is 6.92 Å². The molecule has 0 saturated heterocycles. The number of ether oxygens (including phenoxy) is 1. The molecule has 2 rings (SSSR count). The van der Waals surface area contributed by atoms with Gasteiger partial charge in [-0.1, -0.05) is 29.3 Å². The Hall–Kier alpha value is -1.71. The van der Waals surface area contributed by atoms with Gasteiger partial charge >= 0.3 is 0 Å². The molecule has 3 nitrogen and oxygen atoms in total. The van der Waals surface area contributed by atoms with Crippen LogP contribution in [0.5, 0.6) is 5.75 Å². The quantitative estimate of drug-likeness (QED) is 0.846. The zero-order chi connectivity index (χ0) is 14.0. The lowest BCUT2D eigenvalue weighted by atomic mass is 9.98. The fraction of sp³-hybridized carbons (Fsp3) is 0.200. The number of aliphatic hydroxyl groups is 1. The highest BCUT2D eigenvalue weighted by atomic mass is 35.5. The molecule has 0 radical (unpaired) electrons. The van der Waals surface area contributed by atoms with Crippen molar-refractivity contribution in [3.8, 4) is 5.75 Å². The second kappa shape index (κ2) is 5.51. The topological polar surface area (TPSA) is 55.5 Å². The molecule has 0 spiro atoms. The first-order valence-corrected chi connectivity index (χ1v) is 6.28. The number of hydrogen-bond donors (Lipinski definition) is 2. The van der Waals surface area contributed by atoms with Crippen molar-refractivity contribution in [2.24, 2.45) is 0 Å². The van der Waals surface area contributed by atoms with Crippen LogP contribution in [-0.2, 0) is 0 Å². The summed E-state index contributed by atoms with van der Waals surface area (Å²) in [6, 6.07) is 10.7. The first-order chi connectivity index (χ1) is 9.02. The molecule has 0 aliphatic rings. The number of methoxy groups -OCH3 is 1. The van der Waals surface area contributed by atoms with E-state index in [1.807, 2.05) is 25.1 Å². The highest BCUT2D eigenvalue weighted by Gasteiger charge is 2.18. The van der Waals surface area contributed by atoms with Crippen molar-refractivity contribution < 1.29 is 9.84 Å². The third-order valence-corrected chi connectivity index (χ3v) is 3.26. The Morgan fingerprint density at radius 3 is 2.53 bits per heavy atom. The number of rotatable bonds is 3. The SMILES string of the molecule is COc1ccc(C)cc1C(O)c1ccc(Cl)cc1N. The molecular weight excluding hydrogens is 262 g/mol. The molecule has 0 amide bonds. The summed E-state index contributed by atoms with van der Waals surface area (Å²) in [5.41, 5.74) is 8.72. The van der Waals surface area contributed by atoms with Crippen molar-refractivity contribution in [3.05, 3.63) is 58.1 Å². The maximum atomic E-state index is 10.5. The minimum atomic E-state index is -0.841. The van der Waals surface area contributed by atoms with Crippen LogP contribution in [0.2, 0.25) is 5.02 Å². The van der Waals surface area contributed by atoms with Gasteiger partial charge in [0.05, 0.1) is 7.11 Å². The largest absolute Gasteiger partial charge is 0.496 e. The molecule has 2 aromatic rings.